The van der Waals surface area contributed by atoms with E-state index in [1.54, 1.807) is 0 Å². The highest BCUT2D eigenvalue weighted by Gasteiger charge is 2.30. The molecular weight excluding hydrogens is 478 g/mol. The van der Waals surface area contributed by atoms with Crippen LogP contribution in [0.4, 0.5) is 0 Å². The van der Waals surface area contributed by atoms with E-state index in [1.165, 1.54) is 32.0 Å². The lowest BCUT2D eigenvalue weighted by Gasteiger charge is -2.30. The van der Waals surface area contributed by atoms with Crippen LogP contribution in [0.5, 0.6) is 11.5 Å². The Balaban J connectivity index is 2.78. The first-order valence-corrected chi connectivity index (χ1v) is 18.6. The fourth-order valence-electron chi connectivity index (χ4n) is 4.35. The molecule has 0 aliphatic heterocycles. The maximum atomic E-state index is 6.91. The number of aryl methyl sites for hydroxylation is 2. The molecule has 0 spiro atoms. The van der Waals surface area contributed by atoms with Crippen LogP contribution in [0.3, 0.4) is 0 Å². The molecule has 0 aliphatic carbocycles. The minimum Gasteiger partial charge on any atom is -0.642 e. The molecule has 2 aromatic carbocycles. The number of rotatable bonds is 10. The third kappa shape index (κ3) is 8.22. The summed E-state index contributed by atoms with van der Waals surface area (Å²) in [5.41, 5.74) is 5.25. The van der Waals surface area contributed by atoms with Gasteiger partial charge in [0.25, 0.3) is 0 Å². The normalized spacial score (nSPS) is 12.0. The van der Waals surface area contributed by atoms with Crippen molar-refractivity contribution in [1.82, 2.24) is 0 Å². The second-order valence-electron chi connectivity index (χ2n) is 12.0. The van der Waals surface area contributed by atoms with Crippen molar-refractivity contribution in [3.63, 3.8) is 0 Å². The SMILES string of the molecule is C[CH2][Al]([CH2]C)[O]c1c(Sc2cc(C)cc(C(C)(C)C)c2[O][Al]([CH2]C)[CH2]C)cc(C)cc1C(C)(C)C. The monoisotopic (exact) mass is 526 g/mol. The zero-order chi connectivity index (χ0) is 26.6. The Hall–Kier alpha value is -0.545. The predicted molar refractivity (Wildman–Crippen MR) is 159 cm³/mol. The summed E-state index contributed by atoms with van der Waals surface area (Å²) in [5.74, 6) is 2.22. The molecule has 2 aromatic rings. The minimum atomic E-state index is -1.30. The highest BCUT2D eigenvalue weighted by Crippen LogP contribution is 2.48. The van der Waals surface area contributed by atoms with E-state index in [0.717, 1.165) is 32.6 Å². The molecule has 0 radical (unpaired) electrons. The van der Waals surface area contributed by atoms with E-state index in [0.29, 0.717) is 0 Å². The summed E-state index contributed by atoms with van der Waals surface area (Å²) in [7, 11) is 0. The third-order valence-electron chi connectivity index (χ3n) is 6.62. The highest BCUT2D eigenvalue weighted by atomic mass is 32.2. The van der Waals surface area contributed by atoms with Crippen LogP contribution in [0, 0.1) is 13.8 Å². The highest BCUT2D eigenvalue weighted by molar-refractivity contribution is 7.99. The van der Waals surface area contributed by atoms with Gasteiger partial charge in [0.2, 0.25) is 0 Å². The smallest absolute Gasteiger partial charge is 0.546 e. The summed E-state index contributed by atoms with van der Waals surface area (Å²) in [6, 6.07) is 9.32. The standard InChI is InChI=1S/C22H30O2S.4C2H5.2Al/c1-13-9-15(21(3,4)5)19(23)17(11-13)25-18-12-14(2)10-16(20(18)24)22(6,7)8;4*1-2;;/h9-12,23-24H,1-8H3;4*1H2,2H3;;/q;;;;;2*+1/p-2. The molecule has 0 N–H and O–H groups in total. The van der Waals surface area contributed by atoms with Crippen molar-refractivity contribution in [3.05, 3.63) is 46.5 Å². The zero-order valence-corrected chi connectivity index (χ0v) is 27.6. The lowest BCUT2D eigenvalue weighted by molar-refractivity contribution is 0.500. The number of benzene rings is 2. The predicted octanol–water partition coefficient (Wildman–Crippen LogP) is 9.87. The first-order valence-electron chi connectivity index (χ1n) is 13.6. The molecule has 0 amide bonds. The van der Waals surface area contributed by atoms with Gasteiger partial charge in [0, 0.05) is 0 Å². The van der Waals surface area contributed by atoms with E-state index in [2.05, 4.69) is 107 Å². The van der Waals surface area contributed by atoms with Crippen LogP contribution in [-0.4, -0.2) is 29.0 Å². The molecule has 0 aromatic heterocycles. The fourth-order valence-corrected chi connectivity index (χ4v) is 8.75. The molecule has 0 atom stereocenters. The zero-order valence-electron chi connectivity index (χ0n) is 24.5. The second kappa shape index (κ2) is 12.8. The van der Waals surface area contributed by atoms with Crippen molar-refractivity contribution in [2.45, 2.75) is 125 Å². The van der Waals surface area contributed by atoms with Crippen molar-refractivity contribution >= 4 is 40.7 Å². The van der Waals surface area contributed by atoms with Gasteiger partial charge in [-0.15, -0.1) is 0 Å². The molecule has 0 saturated carbocycles. The average molecular weight is 527 g/mol. The molecule has 2 rings (SSSR count). The largest absolute Gasteiger partial charge is 0.642 e. The van der Waals surface area contributed by atoms with Crippen molar-refractivity contribution in [2.75, 3.05) is 0 Å². The quantitative estimate of drug-likeness (QED) is 0.287. The molecule has 0 saturated heterocycles. The molecule has 5 heteroatoms. The van der Waals surface area contributed by atoms with Gasteiger partial charge in [-0.05, 0) is 59.1 Å². The molecule has 0 heterocycles. The lowest BCUT2D eigenvalue weighted by Crippen LogP contribution is -2.23. The van der Waals surface area contributed by atoms with Gasteiger partial charge in [0.1, 0.15) is 0 Å². The Morgan fingerprint density at radius 1 is 0.600 bits per heavy atom. The van der Waals surface area contributed by atoms with E-state index in [-0.39, 0.29) is 10.8 Å². The molecule has 0 unspecified atom stereocenters. The van der Waals surface area contributed by atoms with E-state index in [9.17, 15) is 0 Å². The van der Waals surface area contributed by atoms with Gasteiger partial charge < -0.3 is 7.58 Å². The molecule has 192 valence electrons. The molecule has 2 nitrogen and oxygen atoms in total. The van der Waals surface area contributed by atoms with Gasteiger partial charge in [-0.1, -0.05) is 114 Å². The Bertz CT molecular complexity index is 902. The van der Waals surface area contributed by atoms with E-state index >= 15 is 0 Å². The van der Waals surface area contributed by atoms with Gasteiger partial charge in [-0.2, -0.15) is 0 Å². The van der Waals surface area contributed by atoms with Crippen LogP contribution < -0.4 is 7.58 Å². The van der Waals surface area contributed by atoms with E-state index in [4.69, 9.17) is 7.58 Å². The Morgan fingerprint density at radius 3 is 1.17 bits per heavy atom. The Labute approximate surface area is 230 Å². The van der Waals surface area contributed by atoms with Gasteiger partial charge in [0.15, 0.2) is 0 Å². The third-order valence-corrected chi connectivity index (χ3v) is 12.5. The van der Waals surface area contributed by atoms with Crippen LogP contribution in [0.1, 0.15) is 91.5 Å². The van der Waals surface area contributed by atoms with Gasteiger partial charge in [-0.3, -0.25) is 0 Å². The molecule has 0 aliphatic rings. The summed E-state index contributed by atoms with van der Waals surface area (Å²) >= 11 is -0.752. The van der Waals surface area contributed by atoms with Gasteiger partial charge in [0.05, 0.1) is 21.3 Å². The second-order valence-corrected chi connectivity index (χ2v) is 19.3. The molecular formula is C30H48Al2O2S. The van der Waals surface area contributed by atoms with Crippen LogP contribution >= 0.6 is 11.8 Å². The maximum absolute atomic E-state index is 6.91. The summed E-state index contributed by atoms with van der Waals surface area (Å²) in [6.45, 7) is 27.3. The van der Waals surface area contributed by atoms with Gasteiger partial charge >= 0.3 is 29.0 Å². The minimum absolute atomic E-state index is 0.0159. The first kappa shape index (κ1) is 30.7. The van der Waals surface area contributed by atoms with Crippen molar-refractivity contribution in [2.24, 2.45) is 0 Å². The summed E-state index contributed by atoms with van der Waals surface area (Å²) in [6.07, 6.45) is 0. The number of hydrogen-bond acceptors (Lipinski definition) is 3. The topological polar surface area (TPSA) is 18.5 Å². The summed E-state index contributed by atoms with van der Waals surface area (Å²) < 4.78 is 13.8. The Kier molecular flexibility index (Phi) is 11.2. The van der Waals surface area contributed by atoms with Gasteiger partial charge in [-0.25, -0.2) is 0 Å². The van der Waals surface area contributed by atoms with Crippen molar-refractivity contribution in [3.8, 4) is 11.5 Å². The van der Waals surface area contributed by atoms with Crippen LogP contribution in [0.25, 0.3) is 0 Å². The van der Waals surface area contributed by atoms with Crippen LogP contribution in [0.2, 0.25) is 21.1 Å². The van der Waals surface area contributed by atoms with Crippen molar-refractivity contribution in [1.29, 1.82) is 0 Å². The van der Waals surface area contributed by atoms with E-state index < -0.39 is 29.0 Å². The molecule has 35 heavy (non-hydrogen) atoms. The lowest BCUT2D eigenvalue weighted by atomic mass is 9.85. The molecule has 0 bridgehead atoms. The Morgan fingerprint density at radius 2 is 0.914 bits per heavy atom. The molecule has 0 fully saturated rings. The summed E-state index contributed by atoms with van der Waals surface area (Å²) in [5, 5.41) is 4.58. The van der Waals surface area contributed by atoms with Crippen LogP contribution in [-0.2, 0) is 10.8 Å². The van der Waals surface area contributed by atoms with Crippen LogP contribution in [0.15, 0.2) is 34.1 Å². The summed E-state index contributed by atoms with van der Waals surface area (Å²) in [4.78, 5) is 2.46. The van der Waals surface area contributed by atoms with E-state index in [1.807, 2.05) is 11.8 Å². The first-order chi connectivity index (χ1) is 16.2. The van der Waals surface area contributed by atoms with Crippen molar-refractivity contribution < 1.29 is 7.58 Å². The average Bonchev–Trinajstić information content (AvgIpc) is 2.76. The maximum Gasteiger partial charge on any atom is 0.546 e. The fraction of sp³-hybridized carbons (Fsp3) is 0.600. The number of hydrogen-bond donors (Lipinski definition) is 0.